The fourth-order valence-corrected chi connectivity index (χ4v) is 4.77. The lowest BCUT2D eigenvalue weighted by Crippen LogP contribution is -2.27. The summed E-state index contributed by atoms with van der Waals surface area (Å²) >= 11 is 0. The molecule has 0 saturated carbocycles. The Hall–Kier alpha value is -3.72. The molecule has 34 heavy (non-hydrogen) atoms. The van der Waals surface area contributed by atoms with Gasteiger partial charge in [0.2, 0.25) is 0 Å². The second-order valence-electron chi connectivity index (χ2n) is 7.78. The number of carbonyl (C=O) groups excluding carboxylic acids is 1. The zero-order valence-electron chi connectivity index (χ0n) is 19.0. The highest BCUT2D eigenvalue weighted by Gasteiger charge is 2.22. The summed E-state index contributed by atoms with van der Waals surface area (Å²) in [4.78, 5) is 12.9. The van der Waals surface area contributed by atoms with E-state index in [1.54, 1.807) is 37.4 Å². The summed E-state index contributed by atoms with van der Waals surface area (Å²) in [5.74, 6) is 1.24. The third-order valence-electron chi connectivity index (χ3n) is 5.36. The molecule has 3 aromatic carbocycles. The number of methoxy groups -OCH3 is 1. The van der Waals surface area contributed by atoms with Gasteiger partial charge in [0, 0.05) is 12.6 Å². The van der Waals surface area contributed by atoms with Crippen molar-refractivity contribution in [3.63, 3.8) is 0 Å². The van der Waals surface area contributed by atoms with Gasteiger partial charge < -0.3 is 19.5 Å². The summed E-state index contributed by atoms with van der Waals surface area (Å²) in [6.45, 7) is 3.12. The number of aryl methyl sites for hydroxylation is 1. The molecular weight excluding hydrogens is 456 g/mol. The molecule has 0 aliphatic carbocycles. The normalized spacial score (nSPS) is 12.6. The number of fused-ring (bicyclic) bond motifs is 1. The van der Waals surface area contributed by atoms with E-state index in [1.807, 2.05) is 25.1 Å². The average molecular weight is 483 g/mol. The van der Waals surface area contributed by atoms with E-state index in [0.29, 0.717) is 37.7 Å². The molecular formula is C25H26N2O6S. The van der Waals surface area contributed by atoms with Crippen molar-refractivity contribution in [3.8, 4) is 17.2 Å². The zero-order chi connectivity index (χ0) is 24.1. The molecule has 8 nitrogen and oxygen atoms in total. The molecule has 3 aromatic rings. The number of benzene rings is 3. The van der Waals surface area contributed by atoms with E-state index in [-0.39, 0.29) is 22.1 Å². The van der Waals surface area contributed by atoms with Crippen molar-refractivity contribution >= 4 is 21.6 Å². The van der Waals surface area contributed by atoms with E-state index in [1.165, 1.54) is 12.1 Å². The summed E-state index contributed by atoms with van der Waals surface area (Å²) in [7, 11) is -2.35. The summed E-state index contributed by atoms with van der Waals surface area (Å²) in [5.41, 5.74) is 2.49. The molecule has 0 aromatic heterocycles. The Morgan fingerprint density at radius 3 is 2.56 bits per heavy atom. The number of hydrogen-bond acceptors (Lipinski definition) is 6. The van der Waals surface area contributed by atoms with Gasteiger partial charge in [-0.05, 0) is 49.2 Å². The first-order valence-corrected chi connectivity index (χ1v) is 12.3. The Labute approximate surface area is 198 Å². The molecule has 178 valence electrons. The van der Waals surface area contributed by atoms with Gasteiger partial charge in [0.15, 0.2) is 11.5 Å². The third kappa shape index (κ3) is 5.26. The third-order valence-corrected chi connectivity index (χ3v) is 6.72. The Morgan fingerprint density at radius 2 is 1.76 bits per heavy atom. The zero-order valence-corrected chi connectivity index (χ0v) is 19.8. The number of hydrogen-bond donors (Lipinski definition) is 2. The monoisotopic (exact) mass is 482 g/mol. The van der Waals surface area contributed by atoms with Crippen LogP contribution in [-0.2, 0) is 16.4 Å². The minimum atomic E-state index is -3.96. The second-order valence-corrected chi connectivity index (χ2v) is 9.46. The molecule has 0 atom stereocenters. The molecule has 0 radical (unpaired) electrons. The summed E-state index contributed by atoms with van der Waals surface area (Å²) in [5, 5.41) is 2.86. The smallest absolute Gasteiger partial charge is 0.262 e. The second kappa shape index (κ2) is 10.0. The number of para-hydroxylation sites is 1. The van der Waals surface area contributed by atoms with Gasteiger partial charge in [0.05, 0.1) is 23.3 Å². The maximum absolute atomic E-state index is 13.0. The fourth-order valence-electron chi connectivity index (χ4n) is 3.67. The first-order valence-electron chi connectivity index (χ1n) is 10.8. The lowest BCUT2D eigenvalue weighted by Gasteiger charge is -2.19. The van der Waals surface area contributed by atoms with Gasteiger partial charge in [-0.1, -0.05) is 29.8 Å². The first-order chi connectivity index (χ1) is 16.4. The van der Waals surface area contributed by atoms with Crippen molar-refractivity contribution in [2.45, 2.75) is 18.2 Å². The van der Waals surface area contributed by atoms with Crippen molar-refractivity contribution in [2.24, 2.45) is 0 Å². The van der Waals surface area contributed by atoms with Crippen molar-refractivity contribution < 1.29 is 27.4 Å². The largest absolute Gasteiger partial charge is 0.496 e. The lowest BCUT2D eigenvalue weighted by molar-refractivity contribution is 0.0955. The van der Waals surface area contributed by atoms with Crippen molar-refractivity contribution in [2.75, 3.05) is 31.6 Å². The summed E-state index contributed by atoms with van der Waals surface area (Å²) in [6, 6.07) is 16.7. The highest BCUT2D eigenvalue weighted by atomic mass is 32.2. The van der Waals surface area contributed by atoms with Gasteiger partial charge in [-0.15, -0.1) is 0 Å². The number of ether oxygens (including phenoxy) is 3. The standard InChI is InChI=1S/C25H26N2O6S/c1-17-7-9-22(31-2)18(15-17)11-12-26-25(28)20-5-3-4-6-21(20)27-34(29,30)19-8-10-23-24(16-19)33-14-13-32-23/h3-10,15-16,27H,11-14H2,1-2H3,(H,26,28). The van der Waals surface area contributed by atoms with Gasteiger partial charge in [0.25, 0.3) is 15.9 Å². The SMILES string of the molecule is COc1ccc(C)cc1CCNC(=O)c1ccccc1NS(=O)(=O)c1ccc2c(c1)OCCO2. The van der Waals surface area contributed by atoms with E-state index >= 15 is 0 Å². The molecule has 0 fully saturated rings. The molecule has 0 unspecified atom stereocenters. The topological polar surface area (TPSA) is 103 Å². The van der Waals surface area contributed by atoms with Crippen LogP contribution in [0.5, 0.6) is 17.2 Å². The van der Waals surface area contributed by atoms with Crippen LogP contribution in [0.15, 0.2) is 65.6 Å². The van der Waals surface area contributed by atoms with Gasteiger partial charge in [0.1, 0.15) is 19.0 Å². The molecule has 0 spiro atoms. The van der Waals surface area contributed by atoms with E-state index < -0.39 is 10.0 Å². The van der Waals surface area contributed by atoms with Crippen LogP contribution in [0.4, 0.5) is 5.69 Å². The molecule has 2 N–H and O–H groups in total. The van der Waals surface area contributed by atoms with Crippen LogP contribution >= 0.6 is 0 Å². The van der Waals surface area contributed by atoms with E-state index in [0.717, 1.165) is 16.9 Å². The predicted molar refractivity (Wildman–Crippen MR) is 128 cm³/mol. The maximum atomic E-state index is 13.0. The molecule has 1 amide bonds. The van der Waals surface area contributed by atoms with Crippen LogP contribution in [0.2, 0.25) is 0 Å². The fraction of sp³-hybridized carbons (Fsp3) is 0.240. The Morgan fingerprint density at radius 1 is 1.00 bits per heavy atom. The number of sulfonamides is 1. The van der Waals surface area contributed by atoms with Crippen molar-refractivity contribution in [1.82, 2.24) is 5.32 Å². The molecule has 1 aliphatic rings. The molecule has 9 heteroatoms. The van der Waals surface area contributed by atoms with Crippen LogP contribution in [0.1, 0.15) is 21.5 Å². The number of nitrogens with one attached hydrogen (secondary N) is 2. The van der Waals surface area contributed by atoms with Crippen LogP contribution in [-0.4, -0.2) is 41.2 Å². The molecule has 1 heterocycles. The Balaban J connectivity index is 1.47. The van der Waals surface area contributed by atoms with Crippen LogP contribution < -0.4 is 24.2 Å². The highest BCUT2D eigenvalue weighted by Crippen LogP contribution is 2.33. The minimum Gasteiger partial charge on any atom is -0.496 e. The summed E-state index contributed by atoms with van der Waals surface area (Å²) < 4.78 is 44.9. The van der Waals surface area contributed by atoms with Gasteiger partial charge in [-0.2, -0.15) is 0 Å². The van der Waals surface area contributed by atoms with E-state index in [4.69, 9.17) is 14.2 Å². The van der Waals surface area contributed by atoms with Crippen LogP contribution in [0.25, 0.3) is 0 Å². The quantitative estimate of drug-likeness (QED) is 0.509. The van der Waals surface area contributed by atoms with Crippen LogP contribution in [0, 0.1) is 6.92 Å². The lowest BCUT2D eigenvalue weighted by atomic mass is 10.1. The number of rotatable bonds is 8. The average Bonchev–Trinajstić information content (AvgIpc) is 2.84. The Kier molecular flexibility index (Phi) is 6.93. The molecule has 0 saturated heterocycles. The first kappa shape index (κ1) is 23.4. The van der Waals surface area contributed by atoms with Gasteiger partial charge >= 0.3 is 0 Å². The van der Waals surface area contributed by atoms with E-state index in [9.17, 15) is 13.2 Å². The number of carbonyl (C=O) groups is 1. The summed E-state index contributed by atoms with van der Waals surface area (Å²) in [6.07, 6.45) is 0.571. The number of amides is 1. The minimum absolute atomic E-state index is 0.0125. The van der Waals surface area contributed by atoms with E-state index in [2.05, 4.69) is 10.0 Å². The van der Waals surface area contributed by atoms with Crippen LogP contribution in [0.3, 0.4) is 0 Å². The van der Waals surface area contributed by atoms with Gasteiger partial charge in [-0.3, -0.25) is 9.52 Å². The Bertz CT molecular complexity index is 1310. The maximum Gasteiger partial charge on any atom is 0.262 e. The predicted octanol–water partition coefficient (Wildman–Crippen LogP) is 3.55. The molecule has 1 aliphatic heterocycles. The number of anilines is 1. The highest BCUT2D eigenvalue weighted by molar-refractivity contribution is 7.92. The van der Waals surface area contributed by atoms with Crippen molar-refractivity contribution in [1.29, 1.82) is 0 Å². The van der Waals surface area contributed by atoms with Crippen molar-refractivity contribution in [3.05, 3.63) is 77.4 Å². The molecule has 0 bridgehead atoms. The van der Waals surface area contributed by atoms with Gasteiger partial charge in [-0.25, -0.2) is 8.42 Å². The molecule has 4 rings (SSSR count).